The number of carbonyl (C=O) groups is 1. The molecule has 4 rings (SSSR count). The van der Waals surface area contributed by atoms with Crippen molar-refractivity contribution in [2.24, 2.45) is 0 Å². The Morgan fingerprint density at radius 1 is 1.26 bits per heavy atom. The van der Waals surface area contributed by atoms with Crippen molar-refractivity contribution in [3.63, 3.8) is 0 Å². The molecule has 1 aromatic carbocycles. The van der Waals surface area contributed by atoms with E-state index in [4.69, 9.17) is 4.74 Å². The third-order valence-corrected chi connectivity index (χ3v) is 6.51. The molecule has 31 heavy (non-hydrogen) atoms. The molecule has 0 unspecified atom stereocenters. The Morgan fingerprint density at radius 3 is 2.68 bits per heavy atom. The summed E-state index contributed by atoms with van der Waals surface area (Å²) in [5.41, 5.74) is 1.34. The van der Waals surface area contributed by atoms with Crippen LogP contribution < -0.4 is 9.80 Å². The summed E-state index contributed by atoms with van der Waals surface area (Å²) in [6.45, 7) is 1.68. The average molecular weight is 468 g/mol. The van der Waals surface area contributed by atoms with Crippen LogP contribution in [-0.4, -0.2) is 69.6 Å². The molecule has 2 aliphatic rings. The number of thioether (sulfide) groups is 1. The number of pyridine rings is 1. The van der Waals surface area contributed by atoms with E-state index in [9.17, 15) is 17.6 Å². The van der Waals surface area contributed by atoms with Crippen LogP contribution in [0.25, 0.3) is 11.1 Å². The molecule has 11 heteroatoms. The fourth-order valence-electron chi connectivity index (χ4n) is 3.45. The third kappa shape index (κ3) is 5.28. The summed E-state index contributed by atoms with van der Waals surface area (Å²) in [7, 11) is -3.64. The van der Waals surface area contributed by atoms with E-state index in [1.807, 2.05) is 23.9 Å². The number of nitrogens with zero attached hydrogens (tertiary/aromatic N) is 3. The minimum atomic E-state index is -3.64. The SMILES string of the molecule is CS(=O)(=O)OC[C@H]1CN(c2ccc(-c3ccc(N4CCSCC4)nc3)c(F)c2)C(=O)O1. The predicted octanol–water partition coefficient (Wildman–Crippen LogP) is 2.74. The van der Waals surface area contributed by atoms with E-state index >= 15 is 0 Å². The highest BCUT2D eigenvalue weighted by Gasteiger charge is 2.33. The molecule has 8 nitrogen and oxygen atoms in total. The lowest BCUT2D eigenvalue weighted by Gasteiger charge is -2.27. The van der Waals surface area contributed by atoms with Crippen molar-refractivity contribution in [1.82, 2.24) is 4.98 Å². The minimum absolute atomic E-state index is 0.0670. The van der Waals surface area contributed by atoms with Gasteiger partial charge in [-0.3, -0.25) is 9.08 Å². The van der Waals surface area contributed by atoms with Gasteiger partial charge in [0.2, 0.25) is 0 Å². The van der Waals surface area contributed by atoms with Gasteiger partial charge in [0, 0.05) is 41.9 Å². The highest BCUT2D eigenvalue weighted by Crippen LogP contribution is 2.30. The summed E-state index contributed by atoms with van der Waals surface area (Å²) in [6, 6.07) is 8.20. The van der Waals surface area contributed by atoms with Gasteiger partial charge in [0.05, 0.1) is 18.5 Å². The van der Waals surface area contributed by atoms with E-state index in [0.29, 0.717) is 16.8 Å². The van der Waals surface area contributed by atoms with E-state index in [1.54, 1.807) is 18.3 Å². The van der Waals surface area contributed by atoms with Crippen molar-refractivity contribution >= 4 is 39.5 Å². The number of benzene rings is 1. The molecule has 2 saturated heterocycles. The maximum atomic E-state index is 14.8. The van der Waals surface area contributed by atoms with Crippen LogP contribution in [-0.2, 0) is 19.0 Å². The van der Waals surface area contributed by atoms with Crippen molar-refractivity contribution < 1.29 is 26.5 Å². The quantitative estimate of drug-likeness (QED) is 0.600. The first kappa shape index (κ1) is 21.8. The molecule has 0 radical (unpaired) electrons. The van der Waals surface area contributed by atoms with E-state index in [2.05, 4.69) is 14.1 Å². The topological polar surface area (TPSA) is 89.0 Å². The summed E-state index contributed by atoms with van der Waals surface area (Å²) in [5.74, 6) is 2.52. The Balaban J connectivity index is 1.46. The van der Waals surface area contributed by atoms with Crippen LogP contribution >= 0.6 is 11.8 Å². The monoisotopic (exact) mass is 467 g/mol. The number of hydrogen-bond donors (Lipinski definition) is 0. The molecular formula is C20H22FN3O5S2. The number of amides is 1. The Labute approximate surface area is 184 Å². The Hall–Kier alpha value is -2.37. The van der Waals surface area contributed by atoms with Crippen molar-refractivity contribution in [3.05, 3.63) is 42.3 Å². The molecular weight excluding hydrogens is 445 g/mol. The van der Waals surface area contributed by atoms with Gasteiger partial charge in [0.1, 0.15) is 24.3 Å². The number of halogens is 1. The molecule has 1 atom stereocenters. The highest BCUT2D eigenvalue weighted by molar-refractivity contribution is 7.99. The van der Waals surface area contributed by atoms with Crippen molar-refractivity contribution in [3.8, 4) is 11.1 Å². The van der Waals surface area contributed by atoms with Gasteiger partial charge in [0.15, 0.2) is 0 Å². The summed E-state index contributed by atoms with van der Waals surface area (Å²) in [4.78, 5) is 20.1. The van der Waals surface area contributed by atoms with Gasteiger partial charge in [-0.25, -0.2) is 14.2 Å². The van der Waals surface area contributed by atoms with Gasteiger partial charge >= 0.3 is 6.09 Å². The summed E-state index contributed by atoms with van der Waals surface area (Å²) >= 11 is 1.92. The first-order chi connectivity index (χ1) is 14.8. The summed E-state index contributed by atoms with van der Waals surface area (Å²) in [6.07, 6.45) is 1.13. The van der Waals surface area contributed by atoms with E-state index in [0.717, 1.165) is 36.7 Å². The molecule has 0 bridgehead atoms. The summed E-state index contributed by atoms with van der Waals surface area (Å²) < 4.78 is 46.9. The van der Waals surface area contributed by atoms with Crippen molar-refractivity contribution in [2.45, 2.75) is 6.10 Å². The highest BCUT2D eigenvalue weighted by atomic mass is 32.2. The molecule has 2 aromatic rings. The third-order valence-electron chi connectivity index (χ3n) is 5.00. The number of cyclic esters (lactones) is 1. The standard InChI is InChI=1S/C20H22FN3O5S2/c1-31(26,27)28-13-16-12-24(20(25)29-16)15-3-4-17(18(21)10-15)14-2-5-19(22-11-14)23-6-8-30-9-7-23/h2-5,10-11,16H,6-9,12-13H2,1H3/t16-/m1/s1. The lowest BCUT2D eigenvalue weighted by Crippen LogP contribution is -2.32. The zero-order valence-electron chi connectivity index (χ0n) is 16.9. The second kappa shape index (κ2) is 9.01. The van der Waals surface area contributed by atoms with Gasteiger partial charge < -0.3 is 9.64 Å². The zero-order valence-corrected chi connectivity index (χ0v) is 18.5. The fourth-order valence-corrected chi connectivity index (χ4v) is 4.75. The van der Waals surface area contributed by atoms with E-state index in [1.165, 1.54) is 11.0 Å². The fraction of sp³-hybridized carbons (Fsp3) is 0.400. The Bertz CT molecular complexity index is 1060. The minimum Gasteiger partial charge on any atom is -0.441 e. The van der Waals surface area contributed by atoms with Crippen LogP contribution in [0.2, 0.25) is 0 Å². The van der Waals surface area contributed by atoms with Crippen molar-refractivity contribution in [1.29, 1.82) is 0 Å². The molecule has 1 amide bonds. The number of ether oxygens (including phenoxy) is 1. The first-order valence-corrected chi connectivity index (χ1v) is 12.7. The smallest absolute Gasteiger partial charge is 0.414 e. The van der Waals surface area contributed by atoms with Crippen LogP contribution in [0.5, 0.6) is 0 Å². The number of hydrogen-bond acceptors (Lipinski definition) is 8. The van der Waals surface area contributed by atoms with Gasteiger partial charge in [-0.05, 0) is 30.3 Å². The second-order valence-electron chi connectivity index (χ2n) is 7.27. The molecule has 3 heterocycles. The lowest BCUT2D eigenvalue weighted by molar-refractivity contribution is 0.107. The normalized spacial score (nSPS) is 19.5. The van der Waals surface area contributed by atoms with Crippen LogP contribution in [0.3, 0.4) is 0 Å². The molecule has 0 saturated carbocycles. The Kier molecular flexibility index (Phi) is 6.35. The first-order valence-electron chi connectivity index (χ1n) is 9.71. The summed E-state index contributed by atoms with van der Waals surface area (Å²) in [5, 5.41) is 0. The van der Waals surface area contributed by atoms with E-state index < -0.39 is 28.1 Å². The molecule has 1 aromatic heterocycles. The largest absolute Gasteiger partial charge is 0.441 e. The molecule has 2 aliphatic heterocycles. The van der Waals surface area contributed by atoms with Gasteiger partial charge in [-0.1, -0.05) is 0 Å². The average Bonchev–Trinajstić information content (AvgIpc) is 3.13. The van der Waals surface area contributed by atoms with Crippen LogP contribution in [0.4, 0.5) is 20.7 Å². The van der Waals surface area contributed by atoms with Crippen LogP contribution in [0.1, 0.15) is 0 Å². The molecule has 0 spiro atoms. The number of carbonyl (C=O) groups excluding carboxylic acids is 1. The lowest BCUT2D eigenvalue weighted by atomic mass is 10.1. The Morgan fingerprint density at radius 2 is 2.03 bits per heavy atom. The second-order valence-corrected chi connectivity index (χ2v) is 10.1. The number of rotatable bonds is 6. The van der Waals surface area contributed by atoms with Gasteiger partial charge in [0.25, 0.3) is 10.1 Å². The van der Waals surface area contributed by atoms with Crippen LogP contribution in [0.15, 0.2) is 36.5 Å². The van der Waals surface area contributed by atoms with Crippen LogP contribution in [0, 0.1) is 5.82 Å². The number of anilines is 2. The zero-order chi connectivity index (χ0) is 22.0. The molecule has 0 aliphatic carbocycles. The van der Waals surface area contributed by atoms with Gasteiger partial charge in [-0.2, -0.15) is 20.2 Å². The molecule has 166 valence electrons. The van der Waals surface area contributed by atoms with E-state index in [-0.39, 0.29) is 13.2 Å². The molecule has 0 N–H and O–H groups in total. The predicted molar refractivity (Wildman–Crippen MR) is 118 cm³/mol. The number of aromatic nitrogens is 1. The van der Waals surface area contributed by atoms with Crippen molar-refractivity contribution in [2.75, 3.05) is 53.8 Å². The molecule has 2 fully saturated rings. The maximum absolute atomic E-state index is 14.8. The maximum Gasteiger partial charge on any atom is 0.414 e. The van der Waals surface area contributed by atoms with Gasteiger partial charge in [-0.15, -0.1) is 0 Å².